The Balaban J connectivity index is 1.25. The average Bonchev–Trinajstić information content (AvgIpc) is 3.68. The predicted molar refractivity (Wildman–Crippen MR) is 178 cm³/mol. The number of carbonyl (C=O) groups excluding carboxylic acids is 1. The van der Waals surface area contributed by atoms with E-state index in [0.29, 0.717) is 76.9 Å². The van der Waals surface area contributed by atoms with Crippen LogP contribution in [0.5, 0.6) is 5.75 Å². The van der Waals surface area contributed by atoms with E-state index in [0.717, 1.165) is 18.5 Å². The summed E-state index contributed by atoms with van der Waals surface area (Å²) in [4.78, 5) is 26.4. The Morgan fingerprint density at radius 3 is 2.51 bits per heavy atom. The fourth-order valence-corrected chi connectivity index (χ4v) is 6.89. The number of nitrogens with one attached hydrogen (secondary N) is 2. The van der Waals surface area contributed by atoms with Gasteiger partial charge in [0.05, 0.1) is 41.2 Å². The van der Waals surface area contributed by atoms with E-state index >= 15 is 4.39 Å². The van der Waals surface area contributed by atoms with Crippen LogP contribution in [0, 0.1) is 5.82 Å². The number of aliphatic hydroxyl groups is 1. The highest BCUT2D eigenvalue weighted by Gasteiger charge is 2.26. The third-order valence-electron chi connectivity index (χ3n) is 8.61. The monoisotopic (exact) mass is 681 g/mol. The molecule has 1 saturated heterocycles. The van der Waals surface area contributed by atoms with Crippen LogP contribution >= 0.6 is 23.2 Å². The molecule has 47 heavy (non-hydrogen) atoms. The van der Waals surface area contributed by atoms with Gasteiger partial charge in [-0.2, -0.15) is 5.10 Å². The minimum absolute atomic E-state index is 0.186. The maximum atomic E-state index is 15.5. The number of likely N-dealkylation sites (tertiary alicyclic amines) is 1. The number of hydrogen-bond acceptors (Lipinski definition) is 7. The molecule has 246 valence electrons. The van der Waals surface area contributed by atoms with Crippen LogP contribution in [0.2, 0.25) is 10.0 Å². The lowest BCUT2D eigenvalue weighted by molar-refractivity contribution is -0.136. The molecule has 1 fully saturated rings. The second kappa shape index (κ2) is 14.0. The summed E-state index contributed by atoms with van der Waals surface area (Å²) in [6.45, 7) is 1.91. The molecule has 10 nitrogen and oxygen atoms in total. The van der Waals surface area contributed by atoms with E-state index in [2.05, 4.69) is 15.7 Å². The first-order chi connectivity index (χ1) is 22.6. The van der Waals surface area contributed by atoms with E-state index in [4.69, 9.17) is 33.0 Å². The highest BCUT2D eigenvalue weighted by molar-refractivity contribution is 6.39. The van der Waals surface area contributed by atoms with Gasteiger partial charge >= 0.3 is 5.97 Å². The quantitative estimate of drug-likeness (QED) is 0.160. The van der Waals surface area contributed by atoms with Crippen LogP contribution in [0.4, 0.5) is 10.1 Å². The lowest BCUT2D eigenvalue weighted by Gasteiger charge is -2.23. The lowest BCUT2D eigenvalue weighted by Crippen LogP contribution is -2.31. The molecule has 4 N–H and O–H groups in total. The molecule has 1 amide bonds. The van der Waals surface area contributed by atoms with Gasteiger partial charge in [-0.1, -0.05) is 53.5 Å². The molecule has 2 aliphatic rings. The Morgan fingerprint density at radius 2 is 1.79 bits per heavy atom. The van der Waals surface area contributed by atoms with Crippen LogP contribution in [0.25, 0.3) is 22.3 Å². The highest BCUT2D eigenvalue weighted by Crippen LogP contribution is 2.43. The Bertz CT molecular complexity index is 1830. The van der Waals surface area contributed by atoms with Crippen molar-refractivity contribution in [1.82, 2.24) is 20.0 Å². The summed E-state index contributed by atoms with van der Waals surface area (Å²) in [6.07, 6.45) is 1.77. The molecule has 3 aromatic carbocycles. The van der Waals surface area contributed by atoms with E-state index < -0.39 is 23.8 Å². The molecular weight excluding hydrogens is 648 g/mol. The summed E-state index contributed by atoms with van der Waals surface area (Å²) >= 11 is 13.8. The number of hydrogen-bond donors (Lipinski definition) is 4. The number of aliphatic hydroxyl groups excluding tert-OH is 1. The number of anilines is 1. The molecule has 0 aliphatic carbocycles. The van der Waals surface area contributed by atoms with Crippen LogP contribution in [0.3, 0.4) is 0 Å². The Morgan fingerprint density at radius 1 is 1.04 bits per heavy atom. The summed E-state index contributed by atoms with van der Waals surface area (Å²) in [7, 11) is 1.49. The number of ether oxygens (including phenoxy) is 1. The predicted octanol–water partition coefficient (Wildman–Crippen LogP) is 6.00. The fourth-order valence-electron chi connectivity index (χ4n) is 6.28. The van der Waals surface area contributed by atoms with Gasteiger partial charge in [-0.15, -0.1) is 0 Å². The Kier molecular flexibility index (Phi) is 9.81. The number of nitrogens with zero attached hydrogens (tertiary/aromatic N) is 3. The molecular formula is C34H34Cl2FN5O5. The van der Waals surface area contributed by atoms with Crippen LogP contribution < -0.4 is 15.4 Å². The number of aryl methyl sites for hydroxylation is 1. The number of rotatable bonds is 10. The number of fused-ring (bicyclic) bond motifs is 1. The largest absolute Gasteiger partial charge is 0.496 e. The van der Waals surface area contributed by atoms with Gasteiger partial charge in [0, 0.05) is 54.5 Å². The van der Waals surface area contributed by atoms with E-state index in [1.165, 1.54) is 13.2 Å². The molecule has 1 aromatic heterocycles. The fraction of sp³-hybridized carbons (Fsp3) is 0.324. The number of aliphatic carboxylic acids is 1. The number of carboxylic acid groups (broad SMARTS) is 1. The van der Waals surface area contributed by atoms with Gasteiger partial charge in [0.1, 0.15) is 11.6 Å². The number of carboxylic acids is 1. The standard InChI is InChI=1S/C34H34Cl2FN5O5/c1-47-30-14-19(13-25(37)24(30)18-41-12-10-20(43)17-41)21-5-2-6-22(32(21)35)23-7-3-8-27(33(23)36)39-34(46)28-15-29-26(38-16-31(44)45)9-4-11-42(29)40-28/h2-3,5-8,13-15,20,26,38,43H,4,9-12,16-18H2,1H3,(H,39,46)(H,44,45)/t20-,26?/m1/s1. The molecule has 13 heteroatoms. The maximum absolute atomic E-state index is 15.5. The van der Waals surface area contributed by atoms with E-state index in [-0.39, 0.29) is 23.3 Å². The number of halogens is 3. The van der Waals surface area contributed by atoms with Gasteiger partial charge in [0.25, 0.3) is 5.91 Å². The molecule has 4 aromatic rings. The maximum Gasteiger partial charge on any atom is 0.317 e. The summed E-state index contributed by atoms with van der Waals surface area (Å²) < 4.78 is 22.8. The highest BCUT2D eigenvalue weighted by atomic mass is 35.5. The molecule has 2 atom stereocenters. The Labute approximate surface area is 281 Å². The summed E-state index contributed by atoms with van der Waals surface area (Å²) in [6, 6.07) is 15.2. The van der Waals surface area contributed by atoms with Crippen molar-refractivity contribution in [2.75, 3.05) is 32.1 Å². The van der Waals surface area contributed by atoms with Crippen molar-refractivity contribution in [3.63, 3.8) is 0 Å². The van der Waals surface area contributed by atoms with Crippen molar-refractivity contribution in [3.8, 4) is 28.0 Å². The third-order valence-corrected chi connectivity index (χ3v) is 9.43. The smallest absolute Gasteiger partial charge is 0.317 e. The summed E-state index contributed by atoms with van der Waals surface area (Å²) in [5, 5.41) is 29.9. The number of carbonyl (C=O) groups is 2. The lowest BCUT2D eigenvalue weighted by atomic mass is 9.97. The van der Waals surface area contributed by atoms with Gasteiger partial charge < -0.3 is 20.3 Å². The van der Waals surface area contributed by atoms with Gasteiger partial charge in [0.2, 0.25) is 0 Å². The second-order valence-electron chi connectivity index (χ2n) is 11.8. The van der Waals surface area contributed by atoms with Crippen molar-refractivity contribution >= 4 is 40.8 Å². The van der Waals surface area contributed by atoms with Crippen molar-refractivity contribution in [3.05, 3.63) is 87.4 Å². The average molecular weight is 683 g/mol. The number of methoxy groups -OCH3 is 1. The molecule has 0 bridgehead atoms. The third kappa shape index (κ3) is 7.00. The number of β-amino-alcohol motifs (C(OH)–C–C–N with tert-alkyl or cyclic N) is 1. The molecule has 0 saturated carbocycles. The Hall–Kier alpha value is -4.00. The molecule has 6 rings (SSSR count). The molecule has 0 spiro atoms. The van der Waals surface area contributed by atoms with Gasteiger partial charge in [-0.3, -0.25) is 24.5 Å². The van der Waals surface area contributed by atoms with E-state index in [1.54, 1.807) is 53.2 Å². The zero-order valence-electron chi connectivity index (χ0n) is 25.6. The molecule has 2 aliphatic heterocycles. The van der Waals surface area contributed by atoms with Crippen LogP contribution in [-0.2, 0) is 17.9 Å². The first kappa shape index (κ1) is 32.9. The van der Waals surface area contributed by atoms with Crippen molar-refractivity contribution in [2.24, 2.45) is 0 Å². The topological polar surface area (TPSA) is 129 Å². The SMILES string of the molecule is COc1cc(-c2cccc(-c3cccc(NC(=O)c4cc5n(n4)CCCC5NCC(=O)O)c3Cl)c2Cl)cc(F)c1CN1CC[C@@H](O)C1. The van der Waals surface area contributed by atoms with Crippen molar-refractivity contribution in [1.29, 1.82) is 0 Å². The van der Waals surface area contributed by atoms with Crippen molar-refractivity contribution in [2.45, 2.75) is 44.5 Å². The second-order valence-corrected chi connectivity index (χ2v) is 12.5. The number of benzene rings is 3. The minimum Gasteiger partial charge on any atom is -0.496 e. The van der Waals surface area contributed by atoms with Crippen LogP contribution in [0.1, 0.15) is 47.1 Å². The molecule has 3 heterocycles. The van der Waals surface area contributed by atoms with E-state index in [9.17, 15) is 14.7 Å². The van der Waals surface area contributed by atoms with Gasteiger partial charge in [-0.25, -0.2) is 4.39 Å². The van der Waals surface area contributed by atoms with Crippen molar-refractivity contribution < 1.29 is 28.9 Å². The first-order valence-corrected chi connectivity index (χ1v) is 16.1. The number of amides is 1. The van der Waals surface area contributed by atoms with Crippen LogP contribution in [0.15, 0.2) is 54.6 Å². The summed E-state index contributed by atoms with van der Waals surface area (Å²) in [5.74, 6) is -1.47. The minimum atomic E-state index is -0.959. The normalized spacial score (nSPS) is 17.8. The van der Waals surface area contributed by atoms with Crippen LogP contribution in [-0.4, -0.2) is 69.6 Å². The zero-order valence-corrected chi connectivity index (χ0v) is 27.1. The summed E-state index contributed by atoms with van der Waals surface area (Å²) in [5.41, 5.74) is 3.95. The molecule has 1 unspecified atom stereocenters. The van der Waals surface area contributed by atoms with E-state index in [1.807, 2.05) is 4.90 Å². The van der Waals surface area contributed by atoms with Gasteiger partial charge in [0.15, 0.2) is 5.69 Å². The number of aromatic nitrogens is 2. The molecule has 0 radical (unpaired) electrons. The van der Waals surface area contributed by atoms with Gasteiger partial charge in [-0.05, 0) is 49.1 Å². The first-order valence-electron chi connectivity index (χ1n) is 15.3. The zero-order chi connectivity index (χ0) is 33.2.